The molecule has 0 amide bonds. The third-order valence-corrected chi connectivity index (χ3v) is 2.63. The van der Waals surface area contributed by atoms with E-state index in [0.29, 0.717) is 6.42 Å². The van der Waals surface area contributed by atoms with E-state index in [1.165, 1.54) is 5.56 Å². The van der Waals surface area contributed by atoms with Crippen LogP contribution in [0.15, 0.2) is 24.3 Å². The van der Waals surface area contributed by atoms with Gasteiger partial charge in [0.1, 0.15) is 5.78 Å². The van der Waals surface area contributed by atoms with Crippen molar-refractivity contribution in [3.63, 3.8) is 0 Å². The minimum absolute atomic E-state index is 0.158. The molecule has 1 aromatic rings. The number of Topliss-reactive ketones (excluding diaryl/α,β-unsaturated/α-hetero) is 1. The second-order valence-electron chi connectivity index (χ2n) is 4.84. The van der Waals surface area contributed by atoms with E-state index in [4.69, 9.17) is 4.74 Å². The third-order valence-electron chi connectivity index (χ3n) is 2.63. The van der Waals surface area contributed by atoms with Crippen LogP contribution in [0.4, 0.5) is 0 Å². The molecule has 1 rings (SSSR count). The number of methoxy groups -OCH3 is 1. The van der Waals surface area contributed by atoms with Crippen molar-refractivity contribution in [1.82, 2.24) is 0 Å². The maximum atomic E-state index is 11.0. The molecular weight excluding hydrogens is 200 g/mol. The molecule has 1 aromatic carbocycles. The van der Waals surface area contributed by atoms with Crippen LogP contribution in [-0.4, -0.2) is 18.5 Å². The highest BCUT2D eigenvalue weighted by Gasteiger charge is 2.16. The Labute approximate surface area is 97.6 Å². The van der Waals surface area contributed by atoms with Crippen LogP contribution in [0.5, 0.6) is 0 Å². The first-order chi connectivity index (χ1) is 7.43. The van der Waals surface area contributed by atoms with Crippen molar-refractivity contribution in [2.75, 3.05) is 7.11 Å². The fourth-order valence-corrected chi connectivity index (χ4v) is 1.70. The van der Waals surface area contributed by atoms with Gasteiger partial charge in [0.2, 0.25) is 0 Å². The molecule has 16 heavy (non-hydrogen) atoms. The molecule has 0 fully saturated rings. The fourth-order valence-electron chi connectivity index (χ4n) is 1.70. The minimum atomic E-state index is -0.158. The van der Waals surface area contributed by atoms with Gasteiger partial charge in [0, 0.05) is 20.0 Å². The first-order valence-corrected chi connectivity index (χ1v) is 5.55. The van der Waals surface area contributed by atoms with Crippen LogP contribution in [0, 0.1) is 0 Å². The predicted octanol–water partition coefficient (Wildman–Crippen LogP) is 2.79. The van der Waals surface area contributed by atoms with Crippen molar-refractivity contribution in [3.8, 4) is 0 Å². The lowest BCUT2D eigenvalue weighted by Gasteiger charge is -2.23. The van der Waals surface area contributed by atoms with Gasteiger partial charge in [0.25, 0.3) is 0 Å². The quantitative estimate of drug-likeness (QED) is 0.762. The highest BCUT2D eigenvalue weighted by molar-refractivity contribution is 5.78. The fraction of sp³-hybridized carbons (Fsp3) is 0.500. The number of rotatable bonds is 5. The average Bonchev–Trinajstić information content (AvgIpc) is 2.16. The lowest BCUT2D eigenvalue weighted by molar-refractivity contribution is -0.116. The number of hydrogen-bond acceptors (Lipinski definition) is 2. The molecule has 0 saturated carbocycles. The first kappa shape index (κ1) is 12.9. The van der Waals surface area contributed by atoms with Crippen molar-refractivity contribution < 1.29 is 9.53 Å². The van der Waals surface area contributed by atoms with Gasteiger partial charge in [0.05, 0.1) is 5.60 Å². The molecular formula is C14H20O2. The smallest absolute Gasteiger partial charge is 0.134 e. The van der Waals surface area contributed by atoms with Crippen molar-refractivity contribution in [2.45, 2.75) is 39.2 Å². The van der Waals surface area contributed by atoms with E-state index in [9.17, 15) is 4.79 Å². The summed E-state index contributed by atoms with van der Waals surface area (Å²) in [5.74, 6) is 0.197. The van der Waals surface area contributed by atoms with Gasteiger partial charge < -0.3 is 4.74 Å². The third kappa shape index (κ3) is 4.15. The van der Waals surface area contributed by atoms with E-state index >= 15 is 0 Å². The number of carbonyl (C=O) groups excluding carboxylic acids is 1. The largest absolute Gasteiger partial charge is 0.378 e. The summed E-state index contributed by atoms with van der Waals surface area (Å²) in [7, 11) is 1.72. The summed E-state index contributed by atoms with van der Waals surface area (Å²) in [5.41, 5.74) is 2.14. The van der Waals surface area contributed by atoms with E-state index in [1.54, 1.807) is 14.0 Å². The number of hydrogen-bond donors (Lipinski definition) is 0. The lowest BCUT2D eigenvalue weighted by Crippen LogP contribution is -2.25. The monoisotopic (exact) mass is 220 g/mol. The molecule has 0 heterocycles. The molecule has 88 valence electrons. The second-order valence-corrected chi connectivity index (χ2v) is 4.84. The lowest BCUT2D eigenvalue weighted by atomic mass is 9.96. The number of carbonyl (C=O) groups is 1. The number of benzene rings is 1. The minimum Gasteiger partial charge on any atom is -0.378 e. The summed E-state index contributed by atoms with van der Waals surface area (Å²) in [6.45, 7) is 5.74. The Morgan fingerprint density at radius 3 is 2.50 bits per heavy atom. The molecule has 0 radical (unpaired) electrons. The zero-order valence-electron chi connectivity index (χ0n) is 10.5. The zero-order chi connectivity index (χ0) is 12.2. The van der Waals surface area contributed by atoms with Gasteiger partial charge in [0.15, 0.2) is 0 Å². The molecule has 0 aliphatic heterocycles. The standard InChI is InChI=1S/C14H20O2/c1-11(15)8-12-6-5-7-13(9-12)10-14(2,3)16-4/h5-7,9H,8,10H2,1-4H3. The Hall–Kier alpha value is -1.15. The van der Waals surface area contributed by atoms with Crippen LogP contribution < -0.4 is 0 Å². The number of ketones is 1. The van der Waals surface area contributed by atoms with E-state index < -0.39 is 0 Å². The summed E-state index contributed by atoms with van der Waals surface area (Å²) in [4.78, 5) is 11.0. The maximum absolute atomic E-state index is 11.0. The molecule has 0 N–H and O–H groups in total. The Morgan fingerprint density at radius 2 is 1.94 bits per heavy atom. The van der Waals surface area contributed by atoms with Crippen LogP contribution in [0.25, 0.3) is 0 Å². The molecule has 0 spiro atoms. The van der Waals surface area contributed by atoms with Gasteiger partial charge in [-0.15, -0.1) is 0 Å². The highest BCUT2D eigenvalue weighted by atomic mass is 16.5. The van der Waals surface area contributed by atoms with Crippen LogP contribution in [0.2, 0.25) is 0 Å². The molecule has 0 bridgehead atoms. The van der Waals surface area contributed by atoms with Crippen molar-refractivity contribution in [1.29, 1.82) is 0 Å². The molecule has 0 aromatic heterocycles. The molecule has 0 aliphatic carbocycles. The van der Waals surface area contributed by atoms with Crippen LogP contribution in [-0.2, 0) is 22.4 Å². The van der Waals surface area contributed by atoms with Gasteiger partial charge in [-0.3, -0.25) is 4.79 Å². The molecule has 0 saturated heterocycles. The van der Waals surface area contributed by atoms with Gasteiger partial charge >= 0.3 is 0 Å². The van der Waals surface area contributed by atoms with E-state index in [-0.39, 0.29) is 11.4 Å². The van der Waals surface area contributed by atoms with Crippen LogP contribution in [0.3, 0.4) is 0 Å². The topological polar surface area (TPSA) is 26.3 Å². The van der Waals surface area contributed by atoms with E-state index in [2.05, 4.69) is 26.0 Å². The van der Waals surface area contributed by atoms with Gasteiger partial charge in [-0.05, 0) is 31.9 Å². The molecule has 0 unspecified atom stereocenters. The SMILES string of the molecule is COC(C)(C)Cc1cccc(CC(C)=O)c1. The Bertz CT molecular complexity index is 367. The van der Waals surface area contributed by atoms with Crippen molar-refractivity contribution >= 4 is 5.78 Å². The first-order valence-electron chi connectivity index (χ1n) is 5.55. The Morgan fingerprint density at radius 1 is 1.31 bits per heavy atom. The molecule has 2 heteroatoms. The van der Waals surface area contributed by atoms with Gasteiger partial charge in [-0.2, -0.15) is 0 Å². The summed E-state index contributed by atoms with van der Waals surface area (Å²) in [6.07, 6.45) is 1.37. The van der Waals surface area contributed by atoms with Crippen molar-refractivity contribution in [2.24, 2.45) is 0 Å². The number of ether oxygens (including phenoxy) is 1. The normalized spacial score (nSPS) is 11.5. The van der Waals surface area contributed by atoms with Crippen LogP contribution in [0.1, 0.15) is 31.9 Å². The molecule has 2 nitrogen and oxygen atoms in total. The van der Waals surface area contributed by atoms with Crippen molar-refractivity contribution in [3.05, 3.63) is 35.4 Å². The summed E-state index contributed by atoms with van der Waals surface area (Å²) >= 11 is 0. The predicted molar refractivity (Wildman–Crippen MR) is 65.6 cm³/mol. The second kappa shape index (κ2) is 5.26. The maximum Gasteiger partial charge on any atom is 0.134 e. The summed E-state index contributed by atoms with van der Waals surface area (Å²) in [5, 5.41) is 0. The zero-order valence-corrected chi connectivity index (χ0v) is 10.5. The van der Waals surface area contributed by atoms with E-state index in [0.717, 1.165) is 12.0 Å². The Balaban J connectivity index is 2.78. The Kier molecular flexibility index (Phi) is 4.25. The molecule has 0 atom stereocenters. The van der Waals surface area contributed by atoms with Gasteiger partial charge in [-0.1, -0.05) is 24.3 Å². The van der Waals surface area contributed by atoms with E-state index in [1.807, 2.05) is 12.1 Å². The average molecular weight is 220 g/mol. The van der Waals surface area contributed by atoms with Gasteiger partial charge in [-0.25, -0.2) is 0 Å². The highest BCUT2D eigenvalue weighted by Crippen LogP contribution is 2.17. The molecule has 0 aliphatic rings. The summed E-state index contributed by atoms with van der Waals surface area (Å²) < 4.78 is 5.40. The van der Waals surface area contributed by atoms with Crippen LogP contribution >= 0.6 is 0 Å². The summed E-state index contributed by atoms with van der Waals surface area (Å²) in [6, 6.07) is 8.15.